The van der Waals surface area contributed by atoms with Crippen LogP contribution in [0.15, 0.2) is 36.4 Å². The molecular formula is C23H30ClN3O. The standard InChI is InChI=1S/C23H30ClN3O/c1-5-27(6-2)13-7-8-16(3)25-23-19-14-17(24)9-11-21(19)26-22-12-10-18(28-4)15-20(22)23/h9-12,14-16H,5-8,13H2,1-4H3,(H,25,26)/t16-/m1/s1. The van der Waals surface area contributed by atoms with Crippen LogP contribution in [0.5, 0.6) is 5.75 Å². The van der Waals surface area contributed by atoms with E-state index in [0.29, 0.717) is 11.1 Å². The summed E-state index contributed by atoms with van der Waals surface area (Å²) in [6, 6.07) is 12.2. The highest BCUT2D eigenvalue weighted by atomic mass is 35.5. The van der Waals surface area contributed by atoms with Gasteiger partial charge in [-0.15, -0.1) is 0 Å². The second-order valence-electron chi connectivity index (χ2n) is 7.25. The van der Waals surface area contributed by atoms with Crippen LogP contribution in [0.4, 0.5) is 5.69 Å². The molecule has 3 aromatic rings. The molecule has 150 valence electrons. The van der Waals surface area contributed by atoms with Crippen molar-refractivity contribution >= 4 is 39.1 Å². The van der Waals surface area contributed by atoms with E-state index in [9.17, 15) is 0 Å². The van der Waals surface area contributed by atoms with Crippen molar-refractivity contribution in [1.29, 1.82) is 0 Å². The first-order valence-electron chi connectivity index (χ1n) is 10.1. The number of nitrogens with one attached hydrogen (secondary N) is 1. The number of aromatic nitrogens is 1. The molecule has 1 aromatic heterocycles. The van der Waals surface area contributed by atoms with Crippen molar-refractivity contribution < 1.29 is 4.74 Å². The Bertz CT molecular complexity index is 940. The molecule has 1 heterocycles. The van der Waals surface area contributed by atoms with E-state index in [4.69, 9.17) is 21.3 Å². The van der Waals surface area contributed by atoms with Gasteiger partial charge in [0.05, 0.1) is 23.8 Å². The quantitative estimate of drug-likeness (QED) is 0.449. The van der Waals surface area contributed by atoms with E-state index in [1.807, 2.05) is 36.4 Å². The maximum Gasteiger partial charge on any atom is 0.119 e. The molecule has 5 heteroatoms. The van der Waals surface area contributed by atoms with Crippen molar-refractivity contribution in [3.63, 3.8) is 0 Å². The molecule has 0 saturated heterocycles. The summed E-state index contributed by atoms with van der Waals surface area (Å²) in [5.74, 6) is 0.827. The van der Waals surface area contributed by atoms with Crippen molar-refractivity contribution in [1.82, 2.24) is 9.88 Å². The lowest BCUT2D eigenvalue weighted by Gasteiger charge is -2.22. The maximum atomic E-state index is 6.30. The third-order valence-electron chi connectivity index (χ3n) is 5.34. The van der Waals surface area contributed by atoms with Crippen molar-refractivity contribution in [3.8, 4) is 5.75 Å². The smallest absolute Gasteiger partial charge is 0.119 e. The van der Waals surface area contributed by atoms with Gasteiger partial charge in [-0.05, 0) is 75.8 Å². The molecule has 0 bridgehead atoms. The minimum absolute atomic E-state index is 0.342. The summed E-state index contributed by atoms with van der Waals surface area (Å²) in [4.78, 5) is 7.28. The molecule has 0 aliphatic heterocycles. The van der Waals surface area contributed by atoms with Gasteiger partial charge in [0.25, 0.3) is 0 Å². The minimum atomic E-state index is 0.342. The molecule has 1 N–H and O–H groups in total. The lowest BCUT2D eigenvalue weighted by molar-refractivity contribution is 0.295. The minimum Gasteiger partial charge on any atom is -0.497 e. The summed E-state index contributed by atoms with van der Waals surface area (Å²) < 4.78 is 5.45. The lowest BCUT2D eigenvalue weighted by atomic mass is 10.1. The number of anilines is 1. The molecule has 0 amide bonds. The van der Waals surface area contributed by atoms with Crippen LogP contribution in [-0.4, -0.2) is 42.7 Å². The zero-order valence-corrected chi connectivity index (χ0v) is 18.0. The second-order valence-corrected chi connectivity index (χ2v) is 7.68. The molecule has 0 aliphatic carbocycles. The Morgan fingerprint density at radius 2 is 1.75 bits per heavy atom. The van der Waals surface area contributed by atoms with Crippen LogP contribution in [0.2, 0.25) is 5.02 Å². The summed E-state index contributed by atoms with van der Waals surface area (Å²) in [6.07, 6.45) is 2.27. The zero-order valence-electron chi connectivity index (χ0n) is 17.3. The normalized spacial score (nSPS) is 12.6. The molecule has 0 fully saturated rings. The fourth-order valence-corrected chi connectivity index (χ4v) is 3.83. The third kappa shape index (κ3) is 4.68. The average molecular weight is 400 g/mol. The first-order valence-corrected chi connectivity index (χ1v) is 10.5. The number of pyridine rings is 1. The van der Waals surface area contributed by atoms with E-state index >= 15 is 0 Å². The van der Waals surface area contributed by atoms with Crippen LogP contribution in [-0.2, 0) is 0 Å². The van der Waals surface area contributed by atoms with Gasteiger partial charge in [0.1, 0.15) is 5.75 Å². The van der Waals surface area contributed by atoms with E-state index in [1.54, 1.807) is 7.11 Å². The Morgan fingerprint density at radius 1 is 1.07 bits per heavy atom. The number of fused-ring (bicyclic) bond motifs is 2. The molecule has 28 heavy (non-hydrogen) atoms. The van der Waals surface area contributed by atoms with Crippen LogP contribution >= 0.6 is 11.6 Å². The van der Waals surface area contributed by atoms with Gasteiger partial charge in [-0.3, -0.25) is 0 Å². The van der Waals surface area contributed by atoms with Gasteiger partial charge < -0.3 is 15.0 Å². The van der Waals surface area contributed by atoms with Crippen LogP contribution in [0.25, 0.3) is 21.8 Å². The van der Waals surface area contributed by atoms with Gasteiger partial charge in [0, 0.05) is 21.8 Å². The molecule has 0 aliphatic rings. The summed E-state index contributed by atoms with van der Waals surface area (Å²) in [6.45, 7) is 10.0. The summed E-state index contributed by atoms with van der Waals surface area (Å²) in [5.41, 5.74) is 2.98. The molecule has 0 unspecified atom stereocenters. The molecule has 4 nitrogen and oxygen atoms in total. The van der Waals surface area contributed by atoms with Gasteiger partial charge >= 0.3 is 0 Å². The fourth-order valence-electron chi connectivity index (χ4n) is 3.66. The number of ether oxygens (including phenoxy) is 1. The van der Waals surface area contributed by atoms with Crippen LogP contribution in [0.3, 0.4) is 0 Å². The molecular weight excluding hydrogens is 370 g/mol. The van der Waals surface area contributed by atoms with Crippen LogP contribution < -0.4 is 10.1 Å². The molecule has 0 spiro atoms. The van der Waals surface area contributed by atoms with Gasteiger partial charge in [0.2, 0.25) is 0 Å². The molecule has 0 saturated carbocycles. The predicted molar refractivity (Wildman–Crippen MR) is 121 cm³/mol. The molecule has 0 radical (unpaired) electrons. The summed E-state index contributed by atoms with van der Waals surface area (Å²) in [7, 11) is 1.69. The Balaban J connectivity index is 1.93. The second kappa shape index (κ2) is 9.44. The van der Waals surface area contributed by atoms with E-state index in [2.05, 4.69) is 31.0 Å². The average Bonchev–Trinajstić information content (AvgIpc) is 2.71. The number of nitrogens with zero attached hydrogens (tertiary/aromatic N) is 2. The maximum absolute atomic E-state index is 6.30. The number of hydrogen-bond donors (Lipinski definition) is 1. The molecule has 1 atom stereocenters. The number of rotatable bonds is 9. The Labute approximate surface area is 172 Å². The van der Waals surface area contributed by atoms with Crippen LogP contribution in [0, 0.1) is 0 Å². The Hall–Kier alpha value is -2.04. The topological polar surface area (TPSA) is 37.4 Å². The first kappa shape index (κ1) is 20.7. The third-order valence-corrected chi connectivity index (χ3v) is 5.57. The highest BCUT2D eigenvalue weighted by molar-refractivity contribution is 6.31. The number of methoxy groups -OCH3 is 1. The van der Waals surface area contributed by atoms with E-state index in [-0.39, 0.29) is 0 Å². The predicted octanol–water partition coefficient (Wildman–Crippen LogP) is 5.97. The SMILES string of the molecule is CCN(CC)CCC[C@@H](C)Nc1c2cc(Cl)ccc2nc2ccc(OC)cc12. The zero-order chi connectivity index (χ0) is 20.1. The monoisotopic (exact) mass is 399 g/mol. The van der Waals surface area contributed by atoms with E-state index in [1.165, 1.54) is 6.42 Å². The molecule has 3 rings (SSSR count). The first-order chi connectivity index (χ1) is 13.5. The Morgan fingerprint density at radius 3 is 2.43 bits per heavy atom. The van der Waals surface area contributed by atoms with Crippen molar-refractivity contribution in [2.75, 3.05) is 32.1 Å². The number of benzene rings is 2. The molecule has 2 aromatic carbocycles. The summed E-state index contributed by atoms with van der Waals surface area (Å²) >= 11 is 6.30. The van der Waals surface area contributed by atoms with Gasteiger partial charge in [-0.2, -0.15) is 0 Å². The van der Waals surface area contributed by atoms with Crippen molar-refractivity contribution in [2.24, 2.45) is 0 Å². The lowest BCUT2D eigenvalue weighted by Crippen LogP contribution is -2.25. The van der Waals surface area contributed by atoms with Crippen molar-refractivity contribution in [3.05, 3.63) is 41.4 Å². The largest absolute Gasteiger partial charge is 0.497 e. The Kier molecular flexibility index (Phi) is 6.97. The van der Waals surface area contributed by atoms with Gasteiger partial charge in [-0.25, -0.2) is 4.98 Å². The summed E-state index contributed by atoms with van der Waals surface area (Å²) in [5, 5.41) is 6.57. The number of halogens is 1. The fraction of sp³-hybridized carbons (Fsp3) is 0.435. The van der Waals surface area contributed by atoms with Gasteiger partial charge in [-0.1, -0.05) is 25.4 Å². The number of hydrogen-bond acceptors (Lipinski definition) is 4. The highest BCUT2D eigenvalue weighted by Crippen LogP contribution is 2.35. The van der Waals surface area contributed by atoms with E-state index < -0.39 is 0 Å². The van der Waals surface area contributed by atoms with Gasteiger partial charge in [0.15, 0.2) is 0 Å². The van der Waals surface area contributed by atoms with Crippen molar-refractivity contribution in [2.45, 2.75) is 39.7 Å². The van der Waals surface area contributed by atoms with E-state index in [0.717, 1.165) is 59.3 Å². The van der Waals surface area contributed by atoms with Crippen LogP contribution in [0.1, 0.15) is 33.6 Å². The highest BCUT2D eigenvalue weighted by Gasteiger charge is 2.13.